The molecule has 6 heteroatoms. The van der Waals surface area contributed by atoms with Crippen LogP contribution in [0.3, 0.4) is 0 Å². The molecule has 0 saturated carbocycles. The SMILES string of the molecule is COCCCNC(=O)N1CCC(C(=O)O)CC1. The molecule has 2 N–H and O–H groups in total. The molecule has 0 unspecified atom stereocenters. The van der Waals surface area contributed by atoms with Gasteiger partial charge in [-0.3, -0.25) is 4.79 Å². The van der Waals surface area contributed by atoms with Crippen LogP contribution in [0.15, 0.2) is 0 Å². The lowest BCUT2D eigenvalue weighted by Crippen LogP contribution is -2.45. The van der Waals surface area contributed by atoms with Crippen LogP contribution in [0.2, 0.25) is 0 Å². The Morgan fingerprint density at radius 1 is 1.41 bits per heavy atom. The van der Waals surface area contributed by atoms with E-state index in [-0.39, 0.29) is 11.9 Å². The molecule has 2 amide bonds. The predicted octanol–water partition coefficient (Wildman–Crippen LogP) is 0.529. The zero-order valence-electron chi connectivity index (χ0n) is 10.1. The van der Waals surface area contributed by atoms with Gasteiger partial charge in [0.1, 0.15) is 0 Å². The maximum atomic E-state index is 11.7. The Kier molecular flexibility index (Phi) is 5.76. The van der Waals surface area contributed by atoms with Gasteiger partial charge in [0, 0.05) is 33.4 Å². The van der Waals surface area contributed by atoms with Gasteiger partial charge >= 0.3 is 12.0 Å². The van der Waals surface area contributed by atoms with E-state index in [1.807, 2.05) is 0 Å². The molecule has 0 aliphatic carbocycles. The Hall–Kier alpha value is -1.30. The van der Waals surface area contributed by atoms with E-state index in [1.165, 1.54) is 0 Å². The van der Waals surface area contributed by atoms with Crippen molar-refractivity contribution < 1.29 is 19.4 Å². The monoisotopic (exact) mass is 244 g/mol. The van der Waals surface area contributed by atoms with Gasteiger partial charge in [-0.25, -0.2) is 4.79 Å². The molecule has 0 radical (unpaired) electrons. The summed E-state index contributed by atoms with van der Waals surface area (Å²) >= 11 is 0. The number of nitrogens with zero attached hydrogens (tertiary/aromatic N) is 1. The largest absolute Gasteiger partial charge is 0.481 e. The number of hydrogen-bond donors (Lipinski definition) is 2. The first-order valence-electron chi connectivity index (χ1n) is 5.89. The average Bonchev–Trinajstić information content (AvgIpc) is 2.34. The number of carboxylic acids is 1. The van der Waals surface area contributed by atoms with Crippen molar-refractivity contribution in [2.45, 2.75) is 19.3 Å². The van der Waals surface area contributed by atoms with E-state index >= 15 is 0 Å². The summed E-state index contributed by atoms with van der Waals surface area (Å²) in [5.41, 5.74) is 0. The van der Waals surface area contributed by atoms with Crippen molar-refractivity contribution in [1.82, 2.24) is 10.2 Å². The molecule has 17 heavy (non-hydrogen) atoms. The number of rotatable bonds is 5. The van der Waals surface area contributed by atoms with Gasteiger partial charge < -0.3 is 20.1 Å². The number of piperidine rings is 1. The smallest absolute Gasteiger partial charge is 0.317 e. The van der Waals surface area contributed by atoms with E-state index in [9.17, 15) is 9.59 Å². The number of carbonyl (C=O) groups excluding carboxylic acids is 1. The number of carboxylic acid groups (broad SMARTS) is 1. The second-order valence-electron chi connectivity index (χ2n) is 4.18. The van der Waals surface area contributed by atoms with Gasteiger partial charge in [0.15, 0.2) is 0 Å². The van der Waals surface area contributed by atoms with Crippen molar-refractivity contribution in [2.24, 2.45) is 5.92 Å². The second kappa shape index (κ2) is 7.11. The van der Waals surface area contributed by atoms with Gasteiger partial charge in [-0.15, -0.1) is 0 Å². The summed E-state index contributed by atoms with van der Waals surface area (Å²) in [5, 5.41) is 11.6. The van der Waals surface area contributed by atoms with E-state index in [4.69, 9.17) is 9.84 Å². The van der Waals surface area contributed by atoms with E-state index in [0.29, 0.717) is 39.1 Å². The van der Waals surface area contributed by atoms with Gasteiger partial charge in [-0.1, -0.05) is 0 Å². The number of urea groups is 1. The fraction of sp³-hybridized carbons (Fsp3) is 0.818. The molecule has 0 spiro atoms. The Morgan fingerprint density at radius 2 is 2.06 bits per heavy atom. The lowest BCUT2D eigenvalue weighted by Gasteiger charge is -2.30. The highest BCUT2D eigenvalue weighted by Gasteiger charge is 2.26. The van der Waals surface area contributed by atoms with Gasteiger partial charge in [0.2, 0.25) is 0 Å². The molecule has 0 aromatic rings. The summed E-state index contributed by atoms with van der Waals surface area (Å²) in [6.45, 7) is 2.26. The quantitative estimate of drug-likeness (QED) is 0.691. The van der Waals surface area contributed by atoms with Crippen LogP contribution in [-0.4, -0.2) is 55.4 Å². The maximum absolute atomic E-state index is 11.7. The van der Waals surface area contributed by atoms with Gasteiger partial charge in [-0.2, -0.15) is 0 Å². The van der Waals surface area contributed by atoms with E-state index < -0.39 is 5.97 Å². The highest BCUT2D eigenvalue weighted by molar-refractivity contribution is 5.75. The number of likely N-dealkylation sites (tertiary alicyclic amines) is 1. The fourth-order valence-corrected chi connectivity index (χ4v) is 1.85. The molecule has 1 saturated heterocycles. The van der Waals surface area contributed by atoms with Crippen molar-refractivity contribution >= 4 is 12.0 Å². The lowest BCUT2D eigenvalue weighted by atomic mass is 9.97. The minimum absolute atomic E-state index is 0.107. The Balaban J connectivity index is 2.19. The molecule has 6 nitrogen and oxygen atoms in total. The summed E-state index contributed by atoms with van der Waals surface area (Å²) in [4.78, 5) is 24.1. The number of methoxy groups -OCH3 is 1. The first-order valence-corrected chi connectivity index (χ1v) is 5.89. The fourth-order valence-electron chi connectivity index (χ4n) is 1.85. The zero-order valence-corrected chi connectivity index (χ0v) is 10.1. The normalized spacial score (nSPS) is 16.9. The van der Waals surface area contributed by atoms with Crippen molar-refractivity contribution in [3.05, 3.63) is 0 Å². The third kappa shape index (κ3) is 4.60. The third-order valence-electron chi connectivity index (χ3n) is 2.93. The third-order valence-corrected chi connectivity index (χ3v) is 2.93. The molecule has 1 aliphatic rings. The van der Waals surface area contributed by atoms with Crippen LogP contribution in [0.1, 0.15) is 19.3 Å². The zero-order chi connectivity index (χ0) is 12.7. The summed E-state index contributed by atoms with van der Waals surface area (Å²) in [6, 6.07) is -0.107. The molecule has 1 aliphatic heterocycles. The van der Waals surface area contributed by atoms with Crippen molar-refractivity contribution in [2.75, 3.05) is 33.4 Å². The molecular formula is C11H20N2O4. The van der Waals surface area contributed by atoms with Crippen LogP contribution in [0.25, 0.3) is 0 Å². The first-order chi connectivity index (χ1) is 8.15. The molecule has 0 bridgehead atoms. The molecule has 0 atom stereocenters. The van der Waals surface area contributed by atoms with Crippen molar-refractivity contribution in [3.63, 3.8) is 0 Å². The van der Waals surface area contributed by atoms with Crippen molar-refractivity contribution in [3.8, 4) is 0 Å². The Morgan fingerprint density at radius 3 is 2.59 bits per heavy atom. The van der Waals surface area contributed by atoms with E-state index in [2.05, 4.69) is 5.32 Å². The number of carbonyl (C=O) groups is 2. The lowest BCUT2D eigenvalue weighted by molar-refractivity contribution is -0.143. The second-order valence-corrected chi connectivity index (χ2v) is 4.18. The van der Waals surface area contributed by atoms with Gasteiger partial charge in [-0.05, 0) is 19.3 Å². The number of nitrogens with one attached hydrogen (secondary N) is 1. The van der Waals surface area contributed by atoms with Crippen LogP contribution in [0.4, 0.5) is 4.79 Å². The van der Waals surface area contributed by atoms with Crippen LogP contribution < -0.4 is 5.32 Å². The summed E-state index contributed by atoms with van der Waals surface area (Å²) in [6.07, 6.45) is 1.87. The average molecular weight is 244 g/mol. The van der Waals surface area contributed by atoms with Gasteiger partial charge in [0.25, 0.3) is 0 Å². The van der Waals surface area contributed by atoms with Crippen LogP contribution >= 0.6 is 0 Å². The number of ether oxygens (including phenoxy) is 1. The number of amides is 2. The summed E-state index contributed by atoms with van der Waals surface area (Å²) in [5.74, 6) is -1.06. The summed E-state index contributed by atoms with van der Waals surface area (Å²) < 4.78 is 4.88. The standard InChI is InChI=1S/C11H20N2O4/c1-17-8-2-5-12-11(16)13-6-3-9(4-7-13)10(14)15/h9H,2-8H2,1H3,(H,12,16)(H,14,15). The number of hydrogen-bond acceptors (Lipinski definition) is 3. The van der Waals surface area contributed by atoms with Crippen molar-refractivity contribution in [1.29, 1.82) is 0 Å². The molecule has 0 aromatic carbocycles. The molecule has 1 fully saturated rings. The van der Waals surface area contributed by atoms with Gasteiger partial charge in [0.05, 0.1) is 5.92 Å². The molecule has 98 valence electrons. The minimum atomic E-state index is -0.759. The molecule has 1 heterocycles. The molecule has 1 rings (SSSR count). The highest BCUT2D eigenvalue weighted by atomic mass is 16.5. The number of aliphatic carboxylic acids is 1. The highest BCUT2D eigenvalue weighted by Crippen LogP contribution is 2.16. The Labute approximate surface area is 101 Å². The van der Waals surface area contributed by atoms with E-state index in [0.717, 1.165) is 6.42 Å². The van der Waals surface area contributed by atoms with E-state index in [1.54, 1.807) is 12.0 Å². The summed E-state index contributed by atoms with van der Waals surface area (Å²) in [7, 11) is 1.62. The van der Waals surface area contributed by atoms with Crippen LogP contribution in [0.5, 0.6) is 0 Å². The molecular weight excluding hydrogens is 224 g/mol. The minimum Gasteiger partial charge on any atom is -0.481 e. The topological polar surface area (TPSA) is 78.9 Å². The maximum Gasteiger partial charge on any atom is 0.317 e. The van der Waals surface area contributed by atoms with Crippen LogP contribution in [-0.2, 0) is 9.53 Å². The van der Waals surface area contributed by atoms with Crippen LogP contribution in [0, 0.1) is 5.92 Å². The first kappa shape index (κ1) is 13.8. The molecule has 0 aromatic heterocycles. The predicted molar refractivity (Wildman–Crippen MR) is 61.8 cm³/mol. The Bertz CT molecular complexity index is 262.